The van der Waals surface area contributed by atoms with E-state index in [1.54, 1.807) is 13.0 Å². The van der Waals surface area contributed by atoms with Crippen molar-refractivity contribution in [3.8, 4) is 5.75 Å². The number of amides is 1. The fraction of sp³-hybridized carbons (Fsp3) is 0.462. The molecule has 20 heavy (non-hydrogen) atoms. The minimum Gasteiger partial charge on any atom is -0.435 e. The molecule has 0 bridgehead atoms. The van der Waals surface area contributed by atoms with Crippen LogP contribution in [0.4, 0.5) is 14.5 Å². The van der Waals surface area contributed by atoms with E-state index in [0.29, 0.717) is 12.3 Å². The lowest BCUT2D eigenvalue weighted by Gasteiger charge is -2.25. The predicted molar refractivity (Wildman–Crippen MR) is 68.6 cm³/mol. The molecule has 1 aliphatic rings. The molecule has 110 valence electrons. The van der Waals surface area contributed by atoms with Crippen LogP contribution in [0.1, 0.15) is 6.92 Å². The zero-order chi connectivity index (χ0) is 14.8. The van der Waals surface area contributed by atoms with Gasteiger partial charge in [0.05, 0.1) is 18.6 Å². The van der Waals surface area contributed by atoms with E-state index in [4.69, 9.17) is 10.5 Å². The average Bonchev–Trinajstić information content (AvgIpc) is 2.70. The predicted octanol–water partition coefficient (Wildman–Crippen LogP) is 1.59. The molecule has 1 aromatic carbocycles. The molecule has 0 aliphatic carbocycles. The summed E-state index contributed by atoms with van der Waals surface area (Å²) in [7, 11) is 0. The number of benzene rings is 1. The molecule has 1 aromatic rings. The topological polar surface area (TPSA) is 73.6 Å². The summed E-state index contributed by atoms with van der Waals surface area (Å²) in [6.07, 6.45) is 0. The average molecular weight is 286 g/mol. The van der Waals surface area contributed by atoms with Crippen LogP contribution in [0.5, 0.6) is 5.75 Å². The van der Waals surface area contributed by atoms with Crippen molar-refractivity contribution >= 4 is 11.6 Å². The summed E-state index contributed by atoms with van der Waals surface area (Å²) in [6.45, 7) is -0.652. The largest absolute Gasteiger partial charge is 0.435 e. The van der Waals surface area contributed by atoms with Crippen molar-refractivity contribution in [2.75, 3.05) is 18.5 Å². The number of nitrogens with one attached hydrogen (secondary N) is 1. The van der Waals surface area contributed by atoms with Gasteiger partial charge in [0.15, 0.2) is 0 Å². The van der Waals surface area contributed by atoms with Gasteiger partial charge in [0.2, 0.25) is 5.91 Å². The minimum atomic E-state index is -2.91. The van der Waals surface area contributed by atoms with Crippen molar-refractivity contribution in [2.45, 2.75) is 19.6 Å². The Morgan fingerprint density at radius 1 is 1.60 bits per heavy atom. The number of rotatable bonds is 4. The van der Waals surface area contributed by atoms with Gasteiger partial charge in [0.1, 0.15) is 5.75 Å². The second-order valence-corrected chi connectivity index (χ2v) is 4.90. The highest BCUT2D eigenvalue weighted by molar-refractivity contribution is 5.96. The van der Waals surface area contributed by atoms with E-state index in [-0.39, 0.29) is 18.3 Å². The summed E-state index contributed by atoms with van der Waals surface area (Å²) < 4.78 is 33.7. The number of carbonyl (C=O) groups is 1. The van der Waals surface area contributed by atoms with Gasteiger partial charge >= 0.3 is 6.61 Å². The number of halogens is 2. The molecule has 1 aliphatic heterocycles. The second kappa shape index (κ2) is 5.72. The summed E-state index contributed by atoms with van der Waals surface area (Å²) >= 11 is 0. The zero-order valence-electron chi connectivity index (χ0n) is 10.9. The van der Waals surface area contributed by atoms with Crippen LogP contribution >= 0.6 is 0 Å². The van der Waals surface area contributed by atoms with Gasteiger partial charge < -0.3 is 20.5 Å². The van der Waals surface area contributed by atoms with Crippen molar-refractivity contribution < 1.29 is 23.0 Å². The van der Waals surface area contributed by atoms with Gasteiger partial charge in [-0.25, -0.2) is 0 Å². The number of anilines is 1. The maximum Gasteiger partial charge on any atom is 0.387 e. The standard InChI is InChI=1S/C13H16F2N2O3/c1-13(7-19-6-10(13)16)11(18)17-8-3-2-4-9(5-8)20-12(14)15/h2-5,10,12H,6-7,16H2,1H3,(H,17,18). The Hall–Kier alpha value is -1.73. The normalized spacial score (nSPS) is 25.8. The summed E-state index contributed by atoms with van der Waals surface area (Å²) in [5, 5.41) is 2.64. The first-order valence-electron chi connectivity index (χ1n) is 6.11. The van der Waals surface area contributed by atoms with Crippen LogP contribution in [0, 0.1) is 5.41 Å². The van der Waals surface area contributed by atoms with E-state index in [0.717, 1.165) is 0 Å². The smallest absolute Gasteiger partial charge is 0.387 e. The fourth-order valence-electron chi connectivity index (χ4n) is 1.95. The Labute approximate surface area is 115 Å². The van der Waals surface area contributed by atoms with Crippen molar-refractivity contribution in [1.82, 2.24) is 0 Å². The Balaban J connectivity index is 2.08. The molecule has 2 unspecified atom stereocenters. The molecular weight excluding hydrogens is 270 g/mol. The summed E-state index contributed by atoms with van der Waals surface area (Å²) in [4.78, 5) is 12.2. The number of carbonyl (C=O) groups excluding carboxylic acids is 1. The molecule has 2 atom stereocenters. The van der Waals surface area contributed by atoms with E-state index in [9.17, 15) is 13.6 Å². The third kappa shape index (κ3) is 3.05. The van der Waals surface area contributed by atoms with E-state index in [2.05, 4.69) is 10.1 Å². The van der Waals surface area contributed by atoms with Crippen LogP contribution in [0.25, 0.3) is 0 Å². The first kappa shape index (κ1) is 14.7. The molecule has 1 saturated heterocycles. The zero-order valence-corrected chi connectivity index (χ0v) is 10.9. The van der Waals surface area contributed by atoms with Gasteiger partial charge in [-0.05, 0) is 19.1 Å². The van der Waals surface area contributed by atoms with Crippen LogP contribution in [0.2, 0.25) is 0 Å². The van der Waals surface area contributed by atoms with E-state index >= 15 is 0 Å². The number of hydrogen-bond donors (Lipinski definition) is 2. The Bertz CT molecular complexity index is 498. The van der Waals surface area contributed by atoms with Crippen LogP contribution in [0.3, 0.4) is 0 Å². The monoisotopic (exact) mass is 286 g/mol. The highest BCUT2D eigenvalue weighted by atomic mass is 19.3. The Morgan fingerprint density at radius 3 is 2.95 bits per heavy atom. The number of nitrogens with two attached hydrogens (primary N) is 1. The first-order chi connectivity index (χ1) is 9.41. The molecular formula is C13H16F2N2O3. The Kier molecular flexibility index (Phi) is 4.20. The minimum absolute atomic E-state index is 0.0186. The lowest BCUT2D eigenvalue weighted by Crippen LogP contribution is -2.47. The molecule has 0 aromatic heterocycles. The van der Waals surface area contributed by atoms with Crippen LogP contribution in [-0.4, -0.2) is 31.8 Å². The maximum atomic E-state index is 12.2. The summed E-state index contributed by atoms with van der Waals surface area (Å²) in [5.41, 5.74) is 5.39. The Morgan fingerprint density at radius 2 is 2.35 bits per heavy atom. The van der Waals surface area contributed by atoms with Crippen LogP contribution in [-0.2, 0) is 9.53 Å². The van der Waals surface area contributed by atoms with Crippen LogP contribution < -0.4 is 15.8 Å². The molecule has 1 heterocycles. The molecule has 2 rings (SSSR count). The van der Waals surface area contributed by atoms with Gasteiger partial charge in [-0.1, -0.05) is 6.07 Å². The van der Waals surface area contributed by atoms with E-state index in [1.165, 1.54) is 18.2 Å². The third-order valence-corrected chi connectivity index (χ3v) is 3.35. The summed E-state index contributed by atoms with van der Waals surface area (Å²) in [5.74, 6) is -0.327. The number of ether oxygens (including phenoxy) is 2. The molecule has 0 radical (unpaired) electrons. The molecule has 1 amide bonds. The highest BCUT2D eigenvalue weighted by Gasteiger charge is 2.44. The maximum absolute atomic E-state index is 12.2. The van der Waals surface area contributed by atoms with Crippen molar-refractivity contribution in [1.29, 1.82) is 0 Å². The van der Waals surface area contributed by atoms with E-state index in [1.807, 2.05) is 0 Å². The molecule has 0 spiro atoms. The lowest BCUT2D eigenvalue weighted by molar-refractivity contribution is -0.125. The molecule has 5 nitrogen and oxygen atoms in total. The third-order valence-electron chi connectivity index (χ3n) is 3.35. The molecule has 0 saturated carbocycles. The van der Waals surface area contributed by atoms with Crippen molar-refractivity contribution in [3.63, 3.8) is 0 Å². The fourth-order valence-corrected chi connectivity index (χ4v) is 1.95. The second-order valence-electron chi connectivity index (χ2n) is 4.90. The SMILES string of the molecule is CC1(C(=O)Nc2cccc(OC(F)F)c2)COCC1N. The van der Waals surface area contributed by atoms with Gasteiger partial charge in [-0.15, -0.1) is 0 Å². The van der Waals surface area contributed by atoms with Crippen molar-refractivity contribution in [3.05, 3.63) is 24.3 Å². The lowest BCUT2D eigenvalue weighted by atomic mass is 9.85. The van der Waals surface area contributed by atoms with Crippen LogP contribution in [0.15, 0.2) is 24.3 Å². The highest BCUT2D eigenvalue weighted by Crippen LogP contribution is 2.29. The molecule has 3 N–H and O–H groups in total. The first-order valence-corrected chi connectivity index (χ1v) is 6.11. The van der Waals surface area contributed by atoms with Gasteiger partial charge in [-0.3, -0.25) is 4.79 Å². The number of alkyl halides is 2. The number of hydrogen-bond acceptors (Lipinski definition) is 4. The molecule has 1 fully saturated rings. The van der Waals surface area contributed by atoms with Gasteiger partial charge in [0.25, 0.3) is 0 Å². The summed E-state index contributed by atoms with van der Waals surface area (Å²) in [6, 6.07) is 5.41. The van der Waals surface area contributed by atoms with E-state index < -0.39 is 18.1 Å². The van der Waals surface area contributed by atoms with Gasteiger partial charge in [0, 0.05) is 17.8 Å². The quantitative estimate of drug-likeness (QED) is 0.881. The molecule has 7 heteroatoms. The van der Waals surface area contributed by atoms with Crippen molar-refractivity contribution in [2.24, 2.45) is 11.1 Å². The van der Waals surface area contributed by atoms with Gasteiger partial charge in [-0.2, -0.15) is 8.78 Å².